The Balaban J connectivity index is 1.36. The molecule has 0 spiro atoms. The second-order valence-electron chi connectivity index (χ2n) is 12.6. The molecule has 0 saturated carbocycles. The monoisotopic (exact) mass is 770 g/mol. The number of sulfone groups is 1. The summed E-state index contributed by atoms with van der Waals surface area (Å²) in [5, 5.41) is 10.8. The van der Waals surface area contributed by atoms with Crippen molar-refractivity contribution in [1.82, 2.24) is 9.29 Å². The highest BCUT2D eigenvalue weighted by molar-refractivity contribution is 7.91. The molecule has 6 aromatic rings. The Labute approximate surface area is 314 Å². The van der Waals surface area contributed by atoms with E-state index in [2.05, 4.69) is 33.6 Å². The molecule has 0 radical (unpaired) electrons. The third kappa shape index (κ3) is 9.00. The second kappa shape index (κ2) is 16.4. The quantitative estimate of drug-likeness (QED) is 0.103. The van der Waals surface area contributed by atoms with E-state index < -0.39 is 25.8 Å². The van der Waals surface area contributed by atoms with Crippen LogP contribution in [0.1, 0.15) is 51.3 Å². The van der Waals surface area contributed by atoms with Gasteiger partial charge in [0.1, 0.15) is 5.75 Å². The Morgan fingerprint density at radius 3 is 2.02 bits per heavy atom. The van der Waals surface area contributed by atoms with Gasteiger partial charge in [-0.2, -0.15) is 0 Å². The number of fused-ring (bicyclic) bond motifs is 1. The molecule has 5 aromatic carbocycles. The number of aromatic carboxylic acids is 1. The highest BCUT2D eigenvalue weighted by Gasteiger charge is 2.26. The van der Waals surface area contributed by atoms with Gasteiger partial charge >= 0.3 is 5.97 Å². The Hall–Kier alpha value is -4.94. The van der Waals surface area contributed by atoms with Gasteiger partial charge < -0.3 is 14.4 Å². The highest BCUT2D eigenvalue weighted by atomic mass is 35.5. The molecule has 1 aromatic heterocycles. The molecule has 53 heavy (non-hydrogen) atoms. The molecule has 9 nitrogen and oxygen atoms in total. The van der Waals surface area contributed by atoms with Crippen LogP contribution in [0, 0.1) is 0 Å². The minimum absolute atomic E-state index is 0.0431. The lowest BCUT2D eigenvalue weighted by molar-refractivity contribution is 0.0696. The van der Waals surface area contributed by atoms with Gasteiger partial charge in [0.15, 0.2) is 9.84 Å². The number of ether oxygens (including phenoxy) is 1. The van der Waals surface area contributed by atoms with Crippen molar-refractivity contribution >= 4 is 48.3 Å². The molecule has 0 bridgehead atoms. The Morgan fingerprint density at radius 1 is 0.811 bits per heavy atom. The van der Waals surface area contributed by atoms with Crippen molar-refractivity contribution in [3.63, 3.8) is 0 Å². The van der Waals surface area contributed by atoms with Crippen LogP contribution in [0.5, 0.6) is 5.75 Å². The molecule has 0 aliphatic heterocycles. The van der Waals surface area contributed by atoms with E-state index in [0.717, 1.165) is 33.3 Å². The Bertz CT molecular complexity index is 2380. The van der Waals surface area contributed by atoms with Crippen molar-refractivity contribution in [3.05, 3.63) is 166 Å². The first-order chi connectivity index (χ1) is 25.5. The van der Waals surface area contributed by atoms with Crippen LogP contribution in [0.4, 0.5) is 0 Å². The maximum Gasteiger partial charge on any atom is 0.335 e. The van der Waals surface area contributed by atoms with E-state index in [9.17, 15) is 26.7 Å². The molecule has 0 aliphatic rings. The zero-order valence-corrected chi connectivity index (χ0v) is 31.4. The molecule has 0 aliphatic carbocycles. The number of sulfonamides is 1. The predicted octanol–water partition coefficient (Wildman–Crippen LogP) is 7.71. The zero-order chi connectivity index (χ0) is 37.6. The number of hydrogen-bond acceptors (Lipinski definition) is 6. The van der Waals surface area contributed by atoms with Crippen molar-refractivity contribution in [2.75, 3.05) is 18.9 Å². The van der Waals surface area contributed by atoms with E-state index in [4.69, 9.17) is 16.3 Å². The van der Waals surface area contributed by atoms with E-state index in [1.54, 1.807) is 19.1 Å². The first-order valence-electron chi connectivity index (χ1n) is 17.1. The van der Waals surface area contributed by atoms with Gasteiger partial charge in [-0.25, -0.2) is 26.4 Å². The number of nitrogens with zero attached hydrogens (tertiary/aromatic N) is 1. The summed E-state index contributed by atoms with van der Waals surface area (Å²) in [6, 6.07) is 37.9. The first kappa shape index (κ1) is 37.8. The summed E-state index contributed by atoms with van der Waals surface area (Å²) in [6.45, 7) is 1.92. The summed E-state index contributed by atoms with van der Waals surface area (Å²) in [6.07, 6.45) is 0.786. The topological polar surface area (TPSA) is 132 Å². The number of carboxylic acids is 1. The van der Waals surface area contributed by atoms with Crippen molar-refractivity contribution < 1.29 is 31.5 Å². The summed E-state index contributed by atoms with van der Waals surface area (Å²) in [4.78, 5) is 11.5. The van der Waals surface area contributed by atoms with E-state index in [0.29, 0.717) is 29.2 Å². The third-order valence-electron chi connectivity index (χ3n) is 9.10. The van der Waals surface area contributed by atoms with Crippen LogP contribution in [-0.2, 0) is 38.5 Å². The summed E-state index contributed by atoms with van der Waals surface area (Å²) < 4.78 is 62.4. The van der Waals surface area contributed by atoms with Gasteiger partial charge in [0, 0.05) is 41.0 Å². The van der Waals surface area contributed by atoms with Crippen molar-refractivity contribution in [2.24, 2.45) is 0 Å². The second-order valence-corrected chi connectivity index (χ2v) is 17.1. The molecule has 0 saturated heterocycles. The lowest BCUT2D eigenvalue weighted by atomic mass is 9.97. The van der Waals surface area contributed by atoms with Crippen LogP contribution < -0.4 is 9.46 Å². The maximum atomic E-state index is 13.4. The van der Waals surface area contributed by atoms with Crippen LogP contribution in [0.3, 0.4) is 0 Å². The van der Waals surface area contributed by atoms with Crippen molar-refractivity contribution in [1.29, 1.82) is 0 Å². The number of halogens is 1. The fraction of sp³-hybridized carbons (Fsp3) is 0.195. The molecule has 1 heterocycles. The number of nitrogens with one attached hydrogen (secondary N) is 1. The summed E-state index contributed by atoms with van der Waals surface area (Å²) in [7, 11) is -7.21. The lowest BCUT2D eigenvalue weighted by Gasteiger charge is -2.25. The normalized spacial score (nSPS) is 12.0. The standard InChI is InChI=1S/C41H39ClN2O7S2/c1-2-52(47,48)35-20-13-29(14-21-35)28-53(49,50)43-25-23-39-36(24-26-51-34-18-15-32(16-19-34)41(45)46)37-27-33(42)17-22-38(37)44(39)40(30-9-5-3-6-10-30)31-11-7-4-8-12-31/h3-22,27,40,43H,2,23-26,28H2,1H3,(H,45,46). The van der Waals surface area contributed by atoms with Crippen LogP contribution in [-0.4, -0.2) is 51.4 Å². The van der Waals surface area contributed by atoms with E-state index in [1.807, 2.05) is 54.6 Å². The number of benzene rings is 5. The fourth-order valence-corrected chi connectivity index (χ4v) is 8.74. The summed E-state index contributed by atoms with van der Waals surface area (Å²) >= 11 is 6.61. The molecule has 0 atom stereocenters. The van der Waals surface area contributed by atoms with Gasteiger partial charge in [-0.05, 0) is 76.9 Å². The predicted molar refractivity (Wildman–Crippen MR) is 208 cm³/mol. The first-order valence-corrected chi connectivity index (χ1v) is 20.8. The fourth-order valence-electron chi connectivity index (χ4n) is 6.53. The molecule has 0 unspecified atom stereocenters. The Kier molecular flexibility index (Phi) is 11.7. The SMILES string of the molecule is CCS(=O)(=O)c1ccc(CS(=O)(=O)NCCc2c(CCOc3ccc(C(=O)O)cc3)c3cc(Cl)ccc3n2C(c2ccccc2)c2ccccc2)cc1. The highest BCUT2D eigenvalue weighted by Crippen LogP contribution is 2.38. The molecule has 274 valence electrons. The van der Waals surface area contributed by atoms with Gasteiger partial charge in [-0.1, -0.05) is 91.3 Å². The minimum atomic E-state index is -3.80. The minimum Gasteiger partial charge on any atom is -0.493 e. The molecule has 2 N–H and O–H groups in total. The molecule has 0 fully saturated rings. The summed E-state index contributed by atoms with van der Waals surface area (Å²) in [5.41, 5.74) is 5.50. The smallest absolute Gasteiger partial charge is 0.335 e. The zero-order valence-electron chi connectivity index (χ0n) is 29.0. The van der Waals surface area contributed by atoms with Crippen LogP contribution in [0.15, 0.2) is 132 Å². The van der Waals surface area contributed by atoms with Gasteiger partial charge in [-0.15, -0.1) is 0 Å². The molecular weight excluding hydrogens is 732 g/mol. The Morgan fingerprint density at radius 2 is 1.43 bits per heavy atom. The maximum absolute atomic E-state index is 13.4. The van der Waals surface area contributed by atoms with Crippen LogP contribution >= 0.6 is 11.6 Å². The van der Waals surface area contributed by atoms with Gasteiger partial charge in [-0.3, -0.25) is 0 Å². The van der Waals surface area contributed by atoms with E-state index in [-0.39, 0.29) is 41.2 Å². The van der Waals surface area contributed by atoms with Gasteiger partial charge in [0.05, 0.1) is 34.6 Å². The lowest BCUT2D eigenvalue weighted by Crippen LogP contribution is -2.28. The molecule has 12 heteroatoms. The van der Waals surface area contributed by atoms with E-state index in [1.165, 1.54) is 36.4 Å². The number of hydrogen-bond donors (Lipinski definition) is 2. The molecule has 6 rings (SSSR count). The largest absolute Gasteiger partial charge is 0.493 e. The molecule has 0 amide bonds. The van der Waals surface area contributed by atoms with Crippen LogP contribution in [0.2, 0.25) is 5.02 Å². The van der Waals surface area contributed by atoms with Crippen molar-refractivity contribution in [3.8, 4) is 5.75 Å². The number of aromatic nitrogens is 1. The average Bonchev–Trinajstić information content (AvgIpc) is 3.44. The van der Waals surface area contributed by atoms with Crippen molar-refractivity contribution in [2.45, 2.75) is 36.5 Å². The van der Waals surface area contributed by atoms with Crippen LogP contribution in [0.25, 0.3) is 10.9 Å². The van der Waals surface area contributed by atoms with Gasteiger partial charge in [0.2, 0.25) is 10.0 Å². The molecular formula is C41H39ClN2O7S2. The summed E-state index contributed by atoms with van der Waals surface area (Å²) in [5.74, 6) is -0.847. The van der Waals surface area contributed by atoms with Gasteiger partial charge in [0.25, 0.3) is 0 Å². The number of carboxylic acid groups (broad SMARTS) is 1. The van der Waals surface area contributed by atoms with E-state index >= 15 is 0 Å². The average molecular weight is 771 g/mol. The number of carbonyl (C=O) groups is 1. The number of rotatable bonds is 16. The third-order valence-corrected chi connectivity index (χ3v) is 12.4.